The van der Waals surface area contributed by atoms with Crippen LogP contribution < -0.4 is 0 Å². The molecule has 0 saturated carbocycles. The van der Waals surface area contributed by atoms with E-state index in [1.54, 1.807) is 11.3 Å². The zero-order valence-electron chi connectivity index (χ0n) is 10.8. The quantitative estimate of drug-likeness (QED) is 0.900. The second kappa shape index (κ2) is 4.61. The Hall–Kier alpha value is -1.16. The Balaban J connectivity index is 2.09. The molecule has 1 unspecified atom stereocenters. The molecular weight excluding hydrogens is 230 g/mol. The van der Waals surface area contributed by atoms with Gasteiger partial charge in [-0.15, -0.1) is 11.3 Å². The molecule has 4 heteroatoms. The van der Waals surface area contributed by atoms with Crippen LogP contribution in [-0.2, 0) is 6.42 Å². The lowest BCUT2D eigenvalue weighted by Gasteiger charge is -2.26. The van der Waals surface area contributed by atoms with E-state index < -0.39 is 0 Å². The van der Waals surface area contributed by atoms with Crippen molar-refractivity contribution in [3.63, 3.8) is 0 Å². The second-order valence-corrected chi connectivity index (χ2v) is 6.50. The first kappa shape index (κ1) is 12.3. The number of thiophene rings is 1. The fourth-order valence-corrected chi connectivity index (χ4v) is 2.16. The maximum atomic E-state index is 4.55. The first-order valence-electron chi connectivity index (χ1n) is 5.92. The van der Waals surface area contributed by atoms with Crippen molar-refractivity contribution in [3.05, 3.63) is 23.3 Å². The Morgan fingerprint density at radius 2 is 2.18 bits per heavy atom. The number of rotatable bonds is 3. The predicted octanol–water partition coefficient (Wildman–Crippen LogP) is 3.76. The zero-order valence-corrected chi connectivity index (χ0v) is 11.6. The van der Waals surface area contributed by atoms with Gasteiger partial charge in [-0.3, -0.25) is 5.10 Å². The van der Waals surface area contributed by atoms with Crippen molar-refractivity contribution in [3.8, 4) is 10.7 Å². The van der Waals surface area contributed by atoms with Crippen molar-refractivity contribution in [2.24, 2.45) is 11.3 Å². The highest BCUT2D eigenvalue weighted by molar-refractivity contribution is 7.13. The molecule has 92 valence electrons. The Labute approximate surface area is 106 Å². The van der Waals surface area contributed by atoms with Crippen molar-refractivity contribution in [2.45, 2.75) is 34.1 Å². The van der Waals surface area contributed by atoms with Gasteiger partial charge in [-0.25, -0.2) is 4.98 Å². The minimum absolute atomic E-state index is 0.301. The molecule has 0 radical (unpaired) electrons. The van der Waals surface area contributed by atoms with Crippen LogP contribution in [0.4, 0.5) is 0 Å². The number of nitrogens with one attached hydrogen (secondary N) is 1. The molecule has 0 aliphatic carbocycles. The summed E-state index contributed by atoms with van der Waals surface area (Å²) in [6, 6.07) is 4.07. The van der Waals surface area contributed by atoms with Crippen molar-refractivity contribution in [1.29, 1.82) is 0 Å². The Morgan fingerprint density at radius 1 is 1.41 bits per heavy atom. The van der Waals surface area contributed by atoms with E-state index in [4.69, 9.17) is 0 Å². The number of aromatic amines is 1. The Kier molecular flexibility index (Phi) is 3.33. The molecule has 2 heterocycles. The van der Waals surface area contributed by atoms with E-state index in [2.05, 4.69) is 42.9 Å². The van der Waals surface area contributed by atoms with E-state index >= 15 is 0 Å². The van der Waals surface area contributed by atoms with Gasteiger partial charge in [0, 0.05) is 6.42 Å². The van der Waals surface area contributed by atoms with Gasteiger partial charge >= 0.3 is 0 Å². The number of nitrogens with zero attached hydrogens (tertiary/aromatic N) is 2. The number of hydrogen-bond donors (Lipinski definition) is 1. The SMILES string of the molecule is CC(Cc1nc(-c2cccs2)n[nH]1)C(C)(C)C. The molecule has 0 aromatic carbocycles. The second-order valence-electron chi connectivity index (χ2n) is 5.55. The van der Waals surface area contributed by atoms with Crippen molar-refractivity contribution < 1.29 is 0 Å². The van der Waals surface area contributed by atoms with Crippen LogP contribution in [0.1, 0.15) is 33.5 Å². The smallest absolute Gasteiger partial charge is 0.191 e. The molecule has 0 spiro atoms. The average Bonchev–Trinajstić information content (AvgIpc) is 2.83. The van der Waals surface area contributed by atoms with Crippen LogP contribution >= 0.6 is 11.3 Å². The summed E-state index contributed by atoms with van der Waals surface area (Å²) in [5, 5.41) is 9.36. The lowest BCUT2D eigenvalue weighted by molar-refractivity contribution is 0.257. The predicted molar refractivity (Wildman–Crippen MR) is 72.0 cm³/mol. The van der Waals surface area contributed by atoms with E-state index in [-0.39, 0.29) is 0 Å². The van der Waals surface area contributed by atoms with Crippen molar-refractivity contribution in [2.75, 3.05) is 0 Å². The summed E-state index contributed by atoms with van der Waals surface area (Å²) in [6.45, 7) is 9.03. The normalized spacial score (nSPS) is 13.9. The summed E-state index contributed by atoms with van der Waals surface area (Å²) < 4.78 is 0. The van der Waals surface area contributed by atoms with Crippen LogP contribution in [0.3, 0.4) is 0 Å². The largest absolute Gasteiger partial charge is 0.263 e. The summed E-state index contributed by atoms with van der Waals surface area (Å²) in [5.41, 5.74) is 0.301. The van der Waals surface area contributed by atoms with E-state index in [0.29, 0.717) is 11.3 Å². The maximum Gasteiger partial charge on any atom is 0.191 e. The third-order valence-electron chi connectivity index (χ3n) is 3.25. The highest BCUT2D eigenvalue weighted by Gasteiger charge is 2.21. The molecule has 0 bridgehead atoms. The van der Waals surface area contributed by atoms with Crippen molar-refractivity contribution in [1.82, 2.24) is 15.2 Å². The van der Waals surface area contributed by atoms with Crippen LogP contribution in [0.25, 0.3) is 10.7 Å². The third kappa shape index (κ3) is 2.94. The van der Waals surface area contributed by atoms with E-state index in [0.717, 1.165) is 22.9 Å². The van der Waals surface area contributed by atoms with Gasteiger partial charge in [0.15, 0.2) is 5.82 Å². The van der Waals surface area contributed by atoms with Gasteiger partial charge in [0.05, 0.1) is 4.88 Å². The van der Waals surface area contributed by atoms with Gasteiger partial charge in [0.25, 0.3) is 0 Å². The van der Waals surface area contributed by atoms with Gasteiger partial charge in [0.1, 0.15) is 5.82 Å². The molecule has 1 N–H and O–H groups in total. The maximum absolute atomic E-state index is 4.55. The molecule has 0 aliphatic heterocycles. The molecule has 2 rings (SSSR count). The topological polar surface area (TPSA) is 41.6 Å². The summed E-state index contributed by atoms with van der Waals surface area (Å²) in [6.07, 6.45) is 0.946. The van der Waals surface area contributed by atoms with Crippen LogP contribution in [0.15, 0.2) is 17.5 Å². The van der Waals surface area contributed by atoms with E-state index in [9.17, 15) is 0 Å². The average molecular weight is 249 g/mol. The number of H-pyrrole nitrogens is 1. The van der Waals surface area contributed by atoms with Gasteiger partial charge in [-0.05, 0) is 22.8 Å². The van der Waals surface area contributed by atoms with Gasteiger partial charge in [0.2, 0.25) is 0 Å². The molecule has 1 atom stereocenters. The van der Waals surface area contributed by atoms with Gasteiger partial charge < -0.3 is 0 Å². The molecule has 0 aliphatic rings. The van der Waals surface area contributed by atoms with Crippen LogP contribution in [0.2, 0.25) is 0 Å². The van der Waals surface area contributed by atoms with Crippen molar-refractivity contribution >= 4 is 11.3 Å². The van der Waals surface area contributed by atoms with E-state index in [1.807, 2.05) is 17.5 Å². The van der Waals surface area contributed by atoms with Gasteiger partial charge in [-0.1, -0.05) is 33.8 Å². The monoisotopic (exact) mass is 249 g/mol. The number of aromatic nitrogens is 3. The summed E-state index contributed by atoms with van der Waals surface area (Å²) in [4.78, 5) is 5.67. The van der Waals surface area contributed by atoms with Crippen LogP contribution in [0.5, 0.6) is 0 Å². The zero-order chi connectivity index (χ0) is 12.5. The molecule has 0 amide bonds. The fourth-order valence-electron chi connectivity index (χ4n) is 1.50. The summed E-state index contributed by atoms with van der Waals surface area (Å²) in [5.74, 6) is 2.37. The standard InChI is InChI=1S/C13H19N3S/c1-9(13(2,3)4)8-11-14-12(16-15-11)10-6-5-7-17-10/h5-7,9H,8H2,1-4H3,(H,14,15,16). The Bertz CT molecular complexity index is 465. The molecule has 0 fully saturated rings. The summed E-state index contributed by atoms with van der Waals surface area (Å²) in [7, 11) is 0. The molecule has 2 aromatic rings. The lowest BCUT2D eigenvalue weighted by atomic mass is 9.80. The number of hydrogen-bond acceptors (Lipinski definition) is 3. The van der Waals surface area contributed by atoms with Crippen LogP contribution in [0, 0.1) is 11.3 Å². The molecule has 17 heavy (non-hydrogen) atoms. The van der Waals surface area contributed by atoms with Gasteiger partial charge in [-0.2, -0.15) is 5.10 Å². The minimum Gasteiger partial charge on any atom is -0.263 e. The summed E-state index contributed by atoms with van der Waals surface area (Å²) >= 11 is 1.67. The van der Waals surface area contributed by atoms with E-state index in [1.165, 1.54) is 0 Å². The lowest BCUT2D eigenvalue weighted by Crippen LogP contribution is -2.19. The molecule has 0 saturated heterocycles. The Morgan fingerprint density at radius 3 is 2.76 bits per heavy atom. The highest BCUT2D eigenvalue weighted by atomic mass is 32.1. The first-order chi connectivity index (χ1) is 7.97. The third-order valence-corrected chi connectivity index (χ3v) is 4.12. The first-order valence-corrected chi connectivity index (χ1v) is 6.80. The molecular formula is C13H19N3S. The minimum atomic E-state index is 0.301. The molecule has 3 nitrogen and oxygen atoms in total. The highest BCUT2D eigenvalue weighted by Crippen LogP contribution is 2.28. The fraction of sp³-hybridized carbons (Fsp3) is 0.538. The molecule has 2 aromatic heterocycles. The van der Waals surface area contributed by atoms with Crippen LogP contribution in [-0.4, -0.2) is 15.2 Å².